The highest BCUT2D eigenvalue weighted by molar-refractivity contribution is 7.99. The van der Waals surface area contributed by atoms with Crippen molar-refractivity contribution in [2.75, 3.05) is 6.61 Å². The second-order valence-corrected chi connectivity index (χ2v) is 5.47. The van der Waals surface area contributed by atoms with Gasteiger partial charge >= 0.3 is 0 Å². The van der Waals surface area contributed by atoms with Crippen LogP contribution >= 0.6 is 11.8 Å². The van der Waals surface area contributed by atoms with Crippen molar-refractivity contribution in [3.63, 3.8) is 0 Å². The third-order valence-corrected chi connectivity index (χ3v) is 4.15. The first-order valence-electron chi connectivity index (χ1n) is 6.27. The van der Waals surface area contributed by atoms with E-state index >= 15 is 0 Å². The molecular formula is C16H18OS. The third-order valence-electron chi connectivity index (χ3n) is 2.82. The Kier molecular flexibility index (Phi) is 5.31. The monoisotopic (exact) mass is 258 g/mol. The predicted molar refractivity (Wildman–Crippen MR) is 77.8 cm³/mol. The molecule has 1 atom stereocenters. The van der Waals surface area contributed by atoms with Crippen molar-refractivity contribution in [2.45, 2.75) is 23.0 Å². The van der Waals surface area contributed by atoms with Crippen LogP contribution in [-0.2, 0) is 0 Å². The van der Waals surface area contributed by atoms with E-state index in [2.05, 4.69) is 48.5 Å². The van der Waals surface area contributed by atoms with Crippen molar-refractivity contribution in [2.24, 2.45) is 0 Å². The summed E-state index contributed by atoms with van der Waals surface area (Å²) in [5.74, 6) is 0. The second kappa shape index (κ2) is 7.24. The maximum atomic E-state index is 9.02. The van der Waals surface area contributed by atoms with Crippen LogP contribution < -0.4 is 0 Å². The Labute approximate surface area is 113 Å². The molecule has 0 bridgehead atoms. The van der Waals surface area contributed by atoms with Crippen LogP contribution in [0.3, 0.4) is 0 Å². The van der Waals surface area contributed by atoms with Gasteiger partial charge in [0, 0.05) is 16.8 Å². The van der Waals surface area contributed by atoms with E-state index in [1.54, 1.807) is 0 Å². The number of aliphatic hydroxyl groups is 1. The number of hydrogen-bond acceptors (Lipinski definition) is 2. The van der Waals surface area contributed by atoms with E-state index in [1.807, 2.05) is 23.9 Å². The number of benzene rings is 2. The molecule has 1 N–H and O–H groups in total. The summed E-state index contributed by atoms with van der Waals surface area (Å²) in [4.78, 5) is 1.28. The number of rotatable bonds is 6. The molecule has 0 aliphatic rings. The summed E-state index contributed by atoms with van der Waals surface area (Å²) in [6.45, 7) is 0.263. The molecular weight excluding hydrogens is 240 g/mol. The van der Waals surface area contributed by atoms with E-state index in [0.717, 1.165) is 12.8 Å². The van der Waals surface area contributed by atoms with Crippen LogP contribution in [0.1, 0.15) is 23.7 Å². The molecule has 94 valence electrons. The van der Waals surface area contributed by atoms with Crippen molar-refractivity contribution >= 4 is 11.8 Å². The zero-order chi connectivity index (χ0) is 12.6. The van der Waals surface area contributed by atoms with Crippen molar-refractivity contribution in [3.8, 4) is 0 Å². The van der Waals surface area contributed by atoms with Gasteiger partial charge in [-0.3, -0.25) is 0 Å². The summed E-state index contributed by atoms with van der Waals surface area (Å²) < 4.78 is 0. The average molecular weight is 258 g/mol. The van der Waals surface area contributed by atoms with Gasteiger partial charge in [-0.05, 0) is 30.5 Å². The molecule has 0 heterocycles. The van der Waals surface area contributed by atoms with E-state index < -0.39 is 0 Å². The second-order valence-electron chi connectivity index (χ2n) is 4.20. The molecule has 2 aromatic rings. The Morgan fingerprint density at radius 2 is 1.50 bits per heavy atom. The van der Waals surface area contributed by atoms with Gasteiger partial charge in [-0.25, -0.2) is 0 Å². The summed E-state index contributed by atoms with van der Waals surface area (Å²) >= 11 is 1.87. The topological polar surface area (TPSA) is 20.2 Å². The predicted octanol–water partition coefficient (Wildman–Crippen LogP) is 4.29. The van der Waals surface area contributed by atoms with Gasteiger partial charge in [0.15, 0.2) is 0 Å². The Hall–Kier alpha value is -1.25. The zero-order valence-electron chi connectivity index (χ0n) is 10.3. The van der Waals surface area contributed by atoms with Crippen LogP contribution in [0.5, 0.6) is 0 Å². The van der Waals surface area contributed by atoms with Crippen LogP contribution in [0.2, 0.25) is 0 Å². The Morgan fingerprint density at radius 3 is 2.11 bits per heavy atom. The minimum atomic E-state index is 0.263. The summed E-state index contributed by atoms with van der Waals surface area (Å²) in [7, 11) is 0. The fourth-order valence-electron chi connectivity index (χ4n) is 1.90. The van der Waals surface area contributed by atoms with Crippen LogP contribution in [0.15, 0.2) is 65.6 Å². The van der Waals surface area contributed by atoms with Crippen molar-refractivity contribution in [3.05, 3.63) is 66.2 Å². The lowest BCUT2D eigenvalue weighted by Crippen LogP contribution is -1.96. The highest BCUT2D eigenvalue weighted by Crippen LogP contribution is 2.38. The largest absolute Gasteiger partial charge is 0.396 e. The Morgan fingerprint density at radius 1 is 0.889 bits per heavy atom. The van der Waals surface area contributed by atoms with E-state index in [0.29, 0.717) is 5.25 Å². The van der Waals surface area contributed by atoms with Gasteiger partial charge in [0.1, 0.15) is 0 Å². The summed E-state index contributed by atoms with van der Waals surface area (Å²) in [5.41, 5.74) is 1.33. The molecule has 1 nitrogen and oxygen atoms in total. The highest BCUT2D eigenvalue weighted by atomic mass is 32.2. The molecule has 2 heteroatoms. The van der Waals surface area contributed by atoms with Gasteiger partial charge in [-0.1, -0.05) is 48.5 Å². The van der Waals surface area contributed by atoms with Crippen molar-refractivity contribution in [1.29, 1.82) is 0 Å². The van der Waals surface area contributed by atoms with Gasteiger partial charge in [-0.15, -0.1) is 11.8 Å². The number of thioether (sulfide) groups is 1. The van der Waals surface area contributed by atoms with E-state index in [-0.39, 0.29) is 6.61 Å². The summed E-state index contributed by atoms with van der Waals surface area (Å²) in [6, 6.07) is 21.0. The average Bonchev–Trinajstić information content (AvgIpc) is 2.45. The fraction of sp³-hybridized carbons (Fsp3) is 0.250. The summed E-state index contributed by atoms with van der Waals surface area (Å²) in [6.07, 6.45) is 1.85. The van der Waals surface area contributed by atoms with E-state index in [1.165, 1.54) is 10.5 Å². The first-order chi connectivity index (χ1) is 8.90. The van der Waals surface area contributed by atoms with Crippen LogP contribution in [0.25, 0.3) is 0 Å². The Bertz CT molecular complexity index is 441. The highest BCUT2D eigenvalue weighted by Gasteiger charge is 2.12. The first-order valence-corrected chi connectivity index (χ1v) is 7.15. The van der Waals surface area contributed by atoms with Gasteiger partial charge in [-0.2, -0.15) is 0 Å². The molecule has 2 aromatic carbocycles. The SMILES string of the molecule is OCCC[C@@H](Sc1ccccc1)c1ccccc1. The lowest BCUT2D eigenvalue weighted by molar-refractivity contribution is 0.284. The molecule has 0 aromatic heterocycles. The number of hydrogen-bond donors (Lipinski definition) is 1. The molecule has 0 aliphatic heterocycles. The van der Waals surface area contributed by atoms with E-state index in [4.69, 9.17) is 5.11 Å². The molecule has 0 saturated carbocycles. The lowest BCUT2D eigenvalue weighted by Gasteiger charge is -2.16. The van der Waals surface area contributed by atoms with Crippen LogP contribution in [0.4, 0.5) is 0 Å². The van der Waals surface area contributed by atoms with E-state index in [9.17, 15) is 0 Å². The molecule has 0 unspecified atom stereocenters. The van der Waals surface area contributed by atoms with Crippen molar-refractivity contribution < 1.29 is 5.11 Å². The van der Waals surface area contributed by atoms with Crippen LogP contribution in [-0.4, -0.2) is 11.7 Å². The standard InChI is InChI=1S/C16H18OS/c17-13-7-12-16(14-8-3-1-4-9-14)18-15-10-5-2-6-11-15/h1-6,8-11,16-17H,7,12-13H2/t16-/m1/s1. The molecule has 0 spiro atoms. The minimum absolute atomic E-state index is 0.263. The molecule has 0 fully saturated rings. The molecule has 0 radical (unpaired) electrons. The maximum absolute atomic E-state index is 9.02. The minimum Gasteiger partial charge on any atom is -0.396 e. The van der Waals surface area contributed by atoms with Crippen molar-refractivity contribution in [1.82, 2.24) is 0 Å². The summed E-state index contributed by atoms with van der Waals surface area (Å²) in [5, 5.41) is 9.44. The smallest absolute Gasteiger partial charge is 0.0431 e. The molecule has 18 heavy (non-hydrogen) atoms. The molecule has 0 saturated heterocycles. The fourth-order valence-corrected chi connectivity index (χ4v) is 3.12. The third kappa shape index (κ3) is 3.90. The number of aliphatic hydroxyl groups excluding tert-OH is 1. The Balaban J connectivity index is 2.10. The normalized spacial score (nSPS) is 12.3. The van der Waals surface area contributed by atoms with Gasteiger partial charge in [0.25, 0.3) is 0 Å². The lowest BCUT2D eigenvalue weighted by atomic mass is 10.1. The molecule has 0 amide bonds. The van der Waals surface area contributed by atoms with Crippen LogP contribution in [0, 0.1) is 0 Å². The molecule has 2 rings (SSSR count). The van der Waals surface area contributed by atoms with Gasteiger partial charge in [0.2, 0.25) is 0 Å². The zero-order valence-corrected chi connectivity index (χ0v) is 11.1. The van der Waals surface area contributed by atoms with Gasteiger partial charge in [0.05, 0.1) is 0 Å². The van der Waals surface area contributed by atoms with Gasteiger partial charge < -0.3 is 5.11 Å². The quantitative estimate of drug-likeness (QED) is 0.780. The maximum Gasteiger partial charge on any atom is 0.0431 e. The molecule has 0 aliphatic carbocycles. The first kappa shape index (κ1) is 13.2.